The molecule has 6 N–H and O–H groups in total. The van der Waals surface area contributed by atoms with Crippen LogP contribution in [0, 0.1) is 11.8 Å². The van der Waals surface area contributed by atoms with Gasteiger partial charge in [-0.05, 0) is 105 Å². The van der Waals surface area contributed by atoms with E-state index in [4.69, 9.17) is 26.2 Å². The van der Waals surface area contributed by atoms with Crippen LogP contribution < -0.4 is 9.46 Å². The minimum atomic E-state index is -3.81. The Morgan fingerprint density at radius 1 is 0.927 bits per heavy atom. The number of para-hydroxylation sites is 1. The van der Waals surface area contributed by atoms with E-state index >= 15 is 0 Å². The molecule has 300 valence electrons. The first kappa shape index (κ1) is 41.6. The zero-order chi connectivity index (χ0) is 39.2. The van der Waals surface area contributed by atoms with Crippen LogP contribution >= 0.6 is 11.6 Å². The number of nitrogens with one attached hydrogen (secondary N) is 1. The summed E-state index contributed by atoms with van der Waals surface area (Å²) in [6.45, 7) is -0.356. The van der Waals surface area contributed by atoms with E-state index in [0.717, 1.165) is 73.8 Å². The summed E-state index contributed by atoms with van der Waals surface area (Å²) in [5, 5.41) is 48.7. The summed E-state index contributed by atoms with van der Waals surface area (Å²) < 4.78 is 42.3. The number of hydrogen-bond acceptors (Lipinski definition) is 11. The highest BCUT2D eigenvalue weighted by atomic mass is 35.5. The van der Waals surface area contributed by atoms with Crippen LogP contribution in [0.5, 0.6) is 5.75 Å². The second-order valence-electron chi connectivity index (χ2n) is 15.4. The normalized spacial score (nSPS) is 21.7. The zero-order valence-electron chi connectivity index (χ0n) is 30.9. The number of benzene rings is 2. The van der Waals surface area contributed by atoms with Gasteiger partial charge in [0.1, 0.15) is 29.8 Å². The fourth-order valence-corrected chi connectivity index (χ4v) is 8.74. The number of sulfonamides is 1. The highest BCUT2D eigenvalue weighted by molar-refractivity contribution is 7.89. The van der Waals surface area contributed by atoms with Gasteiger partial charge in [0.2, 0.25) is 10.0 Å². The third-order valence-corrected chi connectivity index (χ3v) is 13.0. The number of aliphatic hydroxyl groups is 5. The summed E-state index contributed by atoms with van der Waals surface area (Å²) in [5.41, 5.74) is 2.97. The fourth-order valence-electron chi connectivity index (χ4n) is 7.47. The molecule has 3 saturated carbocycles. The Hall–Kier alpha value is -2.98. The Balaban J connectivity index is 0.966. The number of ketones is 1. The Labute approximate surface area is 327 Å². The van der Waals surface area contributed by atoms with Crippen LogP contribution in [0.1, 0.15) is 88.2 Å². The van der Waals surface area contributed by atoms with E-state index in [1.807, 2.05) is 30.5 Å². The number of carbonyl (C=O) groups is 1. The summed E-state index contributed by atoms with van der Waals surface area (Å²) in [5.74, 6) is 1.29. The third-order valence-electron chi connectivity index (χ3n) is 11.2. The maximum atomic E-state index is 13.4. The van der Waals surface area contributed by atoms with Gasteiger partial charge in [-0.1, -0.05) is 42.6 Å². The van der Waals surface area contributed by atoms with Gasteiger partial charge in [-0.3, -0.25) is 9.78 Å². The lowest BCUT2D eigenvalue weighted by Crippen LogP contribution is -2.45. The first-order valence-electron chi connectivity index (χ1n) is 19.4. The maximum Gasteiger partial charge on any atom is 0.240 e. The Kier molecular flexibility index (Phi) is 14.0. The second kappa shape index (κ2) is 18.5. The molecule has 3 aliphatic rings. The van der Waals surface area contributed by atoms with E-state index in [0.29, 0.717) is 29.3 Å². The van der Waals surface area contributed by atoms with E-state index < -0.39 is 46.6 Å². The van der Waals surface area contributed by atoms with E-state index in [-0.39, 0.29) is 48.7 Å². The molecule has 12 nitrogen and oxygen atoms in total. The first-order chi connectivity index (χ1) is 26.4. The summed E-state index contributed by atoms with van der Waals surface area (Å²) in [7, 11) is -3.81. The second-order valence-corrected chi connectivity index (χ2v) is 17.6. The molecule has 1 aromatic heterocycles. The monoisotopic (exact) mass is 800 g/mol. The number of Topliss-reactive ketones (excluding diaryl/α,β-unsaturated/α-hetero) is 1. The van der Waals surface area contributed by atoms with Gasteiger partial charge in [0.25, 0.3) is 0 Å². The van der Waals surface area contributed by atoms with E-state index in [1.165, 1.54) is 6.07 Å². The fraction of sp³-hybridized carbons (Fsp3) is 0.561. The maximum absolute atomic E-state index is 13.4. The van der Waals surface area contributed by atoms with Crippen molar-refractivity contribution >= 4 is 27.4 Å². The lowest BCUT2D eigenvalue weighted by Gasteiger charge is -2.28. The van der Waals surface area contributed by atoms with Gasteiger partial charge in [0.15, 0.2) is 0 Å². The molecule has 55 heavy (non-hydrogen) atoms. The molecule has 4 atom stereocenters. The quantitative estimate of drug-likeness (QED) is 0.0867. The molecule has 14 heteroatoms. The van der Waals surface area contributed by atoms with Gasteiger partial charge in [0.05, 0.1) is 35.9 Å². The molecule has 0 unspecified atom stereocenters. The molecule has 0 amide bonds. The average Bonchev–Trinajstić information content (AvgIpc) is 4.14. The Morgan fingerprint density at radius 3 is 2.35 bits per heavy atom. The number of hydrogen-bond donors (Lipinski definition) is 6. The molecule has 3 aromatic rings. The van der Waals surface area contributed by atoms with Crippen LogP contribution in [-0.4, -0.2) is 88.4 Å². The van der Waals surface area contributed by atoms with Gasteiger partial charge >= 0.3 is 0 Å². The Bertz CT molecular complexity index is 1860. The SMILES string of the molecule is O=C(CC[C@H](O)[C@@H](O)[C@H](O)[C@H](O)CO)CC1CCC(CCNS(=O)(=O)c2ccc(Cl)c(COC3(c4cnccc4-c4ccccc4OC4CC4)CC3)c2)CC1. The molecule has 3 fully saturated rings. The molecule has 6 rings (SSSR count). The lowest BCUT2D eigenvalue weighted by atomic mass is 9.78. The van der Waals surface area contributed by atoms with Crippen LogP contribution in [0.3, 0.4) is 0 Å². The van der Waals surface area contributed by atoms with Gasteiger partial charge < -0.3 is 35.0 Å². The molecule has 0 spiro atoms. The van der Waals surface area contributed by atoms with Gasteiger partial charge in [-0.25, -0.2) is 13.1 Å². The van der Waals surface area contributed by atoms with Crippen molar-refractivity contribution < 1.29 is 48.2 Å². The van der Waals surface area contributed by atoms with Gasteiger partial charge in [-0.15, -0.1) is 0 Å². The number of carbonyl (C=O) groups excluding carboxylic acids is 1. The average molecular weight is 801 g/mol. The van der Waals surface area contributed by atoms with Crippen molar-refractivity contribution in [3.05, 3.63) is 77.1 Å². The van der Waals surface area contributed by atoms with E-state index in [2.05, 4.69) is 15.8 Å². The number of aromatic nitrogens is 1. The summed E-state index contributed by atoms with van der Waals surface area (Å²) >= 11 is 6.57. The van der Waals surface area contributed by atoms with E-state index in [9.17, 15) is 33.6 Å². The molecular weight excluding hydrogens is 748 g/mol. The predicted molar refractivity (Wildman–Crippen MR) is 206 cm³/mol. The number of ether oxygens (including phenoxy) is 2. The van der Waals surface area contributed by atoms with Crippen LogP contribution in [-0.2, 0) is 31.8 Å². The van der Waals surface area contributed by atoms with Gasteiger partial charge in [0, 0.05) is 47.9 Å². The van der Waals surface area contributed by atoms with Crippen molar-refractivity contribution in [1.82, 2.24) is 9.71 Å². The molecule has 0 radical (unpaired) electrons. The summed E-state index contributed by atoms with van der Waals surface area (Å²) in [6.07, 6.45) is 5.58. The molecule has 0 bridgehead atoms. The van der Waals surface area contributed by atoms with Crippen LogP contribution in [0.25, 0.3) is 11.1 Å². The standard InChI is InChI=1S/C41H53ClN2O10S/c42-35-13-12-31(22-28(35)25-53-41(17-18-41)34-23-43-19-16-32(34)33-3-1-2-4-38(33)54-30-10-11-30)55(51,52)44-20-15-26-5-7-27(8-6-26)21-29(46)9-14-36(47)39(49)40(50)37(48)24-45/h1-4,12-13,16,19,22-23,26-27,30,36-37,39-40,44-45,47-50H,5-11,14-15,17-18,20-21,24-25H2/t26?,27?,36-,37+,39+,40+/m0/s1. The molecular formula is C41H53ClN2O10S. The van der Waals surface area contributed by atoms with Crippen molar-refractivity contribution in [3.8, 4) is 16.9 Å². The lowest BCUT2D eigenvalue weighted by molar-refractivity contribution is -0.126. The first-order valence-corrected chi connectivity index (χ1v) is 21.2. The number of aliphatic hydroxyl groups excluding tert-OH is 5. The summed E-state index contributed by atoms with van der Waals surface area (Å²) in [4.78, 5) is 17.1. The van der Waals surface area contributed by atoms with Crippen molar-refractivity contribution in [2.24, 2.45) is 11.8 Å². The highest BCUT2D eigenvalue weighted by Crippen LogP contribution is 2.53. The van der Waals surface area contributed by atoms with Crippen molar-refractivity contribution in [3.63, 3.8) is 0 Å². The van der Waals surface area contributed by atoms with E-state index in [1.54, 1.807) is 18.3 Å². The molecule has 1 heterocycles. The number of rotatable bonds is 21. The van der Waals surface area contributed by atoms with Crippen molar-refractivity contribution in [2.45, 2.75) is 125 Å². The topological polar surface area (TPSA) is 196 Å². The third kappa shape index (κ3) is 10.9. The number of pyridine rings is 1. The Morgan fingerprint density at radius 2 is 1.64 bits per heavy atom. The minimum absolute atomic E-state index is 0.0257. The molecule has 3 aliphatic carbocycles. The summed E-state index contributed by atoms with van der Waals surface area (Å²) in [6, 6.07) is 14.7. The smallest absolute Gasteiger partial charge is 0.240 e. The molecule has 2 aromatic carbocycles. The van der Waals surface area contributed by atoms with Crippen LogP contribution in [0.15, 0.2) is 65.8 Å². The van der Waals surface area contributed by atoms with Crippen molar-refractivity contribution in [2.75, 3.05) is 13.2 Å². The molecule has 0 aliphatic heterocycles. The van der Waals surface area contributed by atoms with Crippen LogP contribution in [0.2, 0.25) is 5.02 Å². The van der Waals surface area contributed by atoms with Crippen molar-refractivity contribution in [1.29, 1.82) is 0 Å². The highest BCUT2D eigenvalue weighted by Gasteiger charge is 2.48. The minimum Gasteiger partial charge on any atom is -0.490 e. The van der Waals surface area contributed by atoms with Gasteiger partial charge in [-0.2, -0.15) is 0 Å². The van der Waals surface area contributed by atoms with Crippen LogP contribution in [0.4, 0.5) is 0 Å². The molecule has 0 saturated heterocycles. The number of nitrogens with zero attached hydrogens (tertiary/aromatic N) is 1. The number of halogens is 1. The zero-order valence-corrected chi connectivity index (χ0v) is 32.5. The predicted octanol–water partition coefficient (Wildman–Crippen LogP) is 4.80. The largest absolute Gasteiger partial charge is 0.490 e.